The van der Waals surface area contributed by atoms with Crippen LogP contribution in [0.25, 0.3) is 11.1 Å². The molecular weight excluding hydrogens is 567 g/mol. The Morgan fingerprint density at radius 1 is 0.911 bits per heavy atom. The van der Waals surface area contributed by atoms with Crippen LogP contribution in [0, 0.1) is 11.7 Å². The lowest BCUT2D eigenvalue weighted by Crippen LogP contribution is -2.46. The third kappa shape index (κ3) is 7.49. The molecule has 3 aromatic carbocycles. The van der Waals surface area contributed by atoms with Crippen molar-refractivity contribution in [3.05, 3.63) is 108 Å². The number of aromatic nitrogens is 1. The van der Waals surface area contributed by atoms with Crippen molar-refractivity contribution >= 4 is 28.9 Å². The van der Waals surface area contributed by atoms with E-state index in [0.29, 0.717) is 25.2 Å². The molecule has 2 fully saturated rings. The summed E-state index contributed by atoms with van der Waals surface area (Å²) < 4.78 is 13.5. The number of carbonyl (C=O) groups excluding carboxylic acids is 2. The molecule has 45 heavy (non-hydrogen) atoms. The van der Waals surface area contributed by atoms with Crippen molar-refractivity contribution in [2.75, 3.05) is 54.4 Å². The highest BCUT2D eigenvalue weighted by Crippen LogP contribution is 2.35. The second-order valence-corrected chi connectivity index (χ2v) is 11.8. The summed E-state index contributed by atoms with van der Waals surface area (Å²) in [6, 6.07) is 24.5. The summed E-state index contributed by atoms with van der Waals surface area (Å²) in [5, 5.41) is 3.15. The van der Waals surface area contributed by atoms with Crippen LogP contribution in [0.5, 0.6) is 0 Å². The average molecular weight is 607 g/mol. The number of benzene rings is 3. The van der Waals surface area contributed by atoms with E-state index < -0.39 is 0 Å². The summed E-state index contributed by atoms with van der Waals surface area (Å²) in [6.45, 7) is 4.78. The molecule has 2 heterocycles. The van der Waals surface area contributed by atoms with Gasteiger partial charge in [0.2, 0.25) is 5.91 Å². The molecule has 6 rings (SSSR count). The third-order valence-corrected chi connectivity index (χ3v) is 8.48. The summed E-state index contributed by atoms with van der Waals surface area (Å²) in [4.78, 5) is 36.8. The zero-order valence-corrected chi connectivity index (χ0v) is 25.4. The van der Waals surface area contributed by atoms with Crippen molar-refractivity contribution in [2.24, 2.45) is 11.7 Å². The highest BCUT2D eigenvalue weighted by atomic mass is 19.1. The number of amides is 2. The summed E-state index contributed by atoms with van der Waals surface area (Å²) in [5.74, 6) is -0.0952. The van der Waals surface area contributed by atoms with Crippen LogP contribution < -0.4 is 20.9 Å². The fraction of sp³-hybridized carbons (Fsp3) is 0.306. The molecule has 9 heteroatoms. The molecule has 1 aliphatic heterocycles. The molecule has 0 radical (unpaired) electrons. The Hall–Kier alpha value is -4.76. The molecule has 232 valence electrons. The van der Waals surface area contributed by atoms with E-state index in [2.05, 4.69) is 50.4 Å². The standard InChI is InChI=1S/C36H39FN6O2/c37-31-10-12-32(13-11-31)41-18-20-42(21-19-41)34-14-9-29(23-33(34)40-35(44)30-6-2-16-39-24-30)28-5-1-4-26(22-28)25-43(17-3-15-38)36(45)27-7-8-27/h1-2,4-6,9-14,16,22-24,27H,3,7-8,15,17-21,25,38H2,(H,40,44). The summed E-state index contributed by atoms with van der Waals surface area (Å²) in [5.41, 5.74) is 11.9. The van der Waals surface area contributed by atoms with Gasteiger partial charge in [-0.25, -0.2) is 4.39 Å². The van der Waals surface area contributed by atoms with Gasteiger partial charge < -0.3 is 25.8 Å². The van der Waals surface area contributed by atoms with Crippen LogP contribution in [-0.2, 0) is 11.3 Å². The number of nitrogens with zero attached hydrogens (tertiary/aromatic N) is 4. The first-order valence-electron chi connectivity index (χ1n) is 15.7. The summed E-state index contributed by atoms with van der Waals surface area (Å²) in [6.07, 6.45) is 5.92. The number of rotatable bonds is 11. The first kappa shape index (κ1) is 30.3. The largest absolute Gasteiger partial charge is 0.368 e. The van der Waals surface area contributed by atoms with Gasteiger partial charge in [-0.15, -0.1) is 0 Å². The zero-order chi connectivity index (χ0) is 31.2. The lowest BCUT2D eigenvalue weighted by molar-refractivity contribution is -0.133. The van der Waals surface area contributed by atoms with E-state index in [0.717, 1.165) is 79.2 Å². The van der Waals surface area contributed by atoms with Crippen LogP contribution in [0.2, 0.25) is 0 Å². The van der Waals surface area contributed by atoms with Gasteiger partial charge >= 0.3 is 0 Å². The van der Waals surface area contributed by atoms with Crippen molar-refractivity contribution in [3.8, 4) is 11.1 Å². The zero-order valence-electron chi connectivity index (χ0n) is 25.4. The number of pyridine rings is 1. The smallest absolute Gasteiger partial charge is 0.257 e. The Kier molecular flexibility index (Phi) is 9.35. The van der Waals surface area contributed by atoms with Crippen LogP contribution >= 0.6 is 0 Å². The number of halogens is 1. The second-order valence-electron chi connectivity index (χ2n) is 11.8. The minimum absolute atomic E-state index is 0.155. The maximum absolute atomic E-state index is 13.5. The molecule has 3 N–H and O–H groups in total. The van der Waals surface area contributed by atoms with Gasteiger partial charge in [0.05, 0.1) is 16.9 Å². The fourth-order valence-electron chi connectivity index (χ4n) is 5.85. The monoisotopic (exact) mass is 606 g/mol. The first-order chi connectivity index (χ1) is 22.0. The molecule has 8 nitrogen and oxygen atoms in total. The maximum atomic E-state index is 13.5. The predicted molar refractivity (Wildman–Crippen MR) is 177 cm³/mol. The van der Waals surface area contributed by atoms with E-state index in [1.165, 1.54) is 12.1 Å². The van der Waals surface area contributed by atoms with Crippen molar-refractivity contribution in [3.63, 3.8) is 0 Å². The SMILES string of the molecule is NCCCN(Cc1cccc(-c2ccc(N3CCN(c4ccc(F)cc4)CC3)c(NC(=O)c3cccnc3)c2)c1)C(=O)C1CC1. The van der Waals surface area contributed by atoms with E-state index in [1.54, 1.807) is 24.5 Å². The number of hydrogen-bond acceptors (Lipinski definition) is 6. The van der Waals surface area contributed by atoms with Gasteiger partial charge in [-0.2, -0.15) is 0 Å². The molecule has 4 aromatic rings. The molecular formula is C36H39FN6O2. The topological polar surface area (TPSA) is 94.8 Å². The molecule has 1 saturated carbocycles. The number of hydrogen-bond donors (Lipinski definition) is 2. The highest BCUT2D eigenvalue weighted by Gasteiger charge is 2.33. The number of anilines is 3. The highest BCUT2D eigenvalue weighted by molar-refractivity contribution is 6.06. The van der Waals surface area contributed by atoms with E-state index >= 15 is 0 Å². The fourth-order valence-corrected chi connectivity index (χ4v) is 5.85. The minimum atomic E-state index is -0.243. The molecule has 0 unspecified atom stereocenters. The lowest BCUT2D eigenvalue weighted by atomic mass is 10.0. The Bertz CT molecular complexity index is 1620. The Morgan fingerprint density at radius 3 is 2.38 bits per heavy atom. The molecule has 0 bridgehead atoms. The second kappa shape index (κ2) is 13.9. The van der Waals surface area contributed by atoms with Crippen LogP contribution in [0.1, 0.15) is 35.2 Å². The molecule has 1 aromatic heterocycles. The van der Waals surface area contributed by atoms with Crippen molar-refractivity contribution < 1.29 is 14.0 Å². The molecule has 2 amide bonds. The molecule has 0 spiro atoms. The lowest BCUT2D eigenvalue weighted by Gasteiger charge is -2.38. The number of nitrogens with one attached hydrogen (secondary N) is 1. The van der Waals surface area contributed by atoms with Crippen LogP contribution in [-0.4, -0.2) is 61.0 Å². The van der Waals surface area contributed by atoms with Crippen molar-refractivity contribution in [1.29, 1.82) is 0 Å². The van der Waals surface area contributed by atoms with Gasteiger partial charge in [0.15, 0.2) is 0 Å². The minimum Gasteiger partial charge on any atom is -0.368 e. The van der Waals surface area contributed by atoms with Crippen molar-refractivity contribution in [2.45, 2.75) is 25.8 Å². The molecule has 0 atom stereocenters. The van der Waals surface area contributed by atoms with Gasteiger partial charge in [0, 0.05) is 63.3 Å². The number of piperazine rings is 1. The van der Waals surface area contributed by atoms with Gasteiger partial charge in [-0.05, 0) is 97.1 Å². The first-order valence-corrected chi connectivity index (χ1v) is 15.7. The van der Waals surface area contributed by atoms with Crippen LogP contribution in [0.3, 0.4) is 0 Å². The molecule has 1 saturated heterocycles. The molecule has 2 aliphatic rings. The van der Waals surface area contributed by atoms with Crippen LogP contribution in [0.15, 0.2) is 91.3 Å². The van der Waals surface area contributed by atoms with E-state index in [4.69, 9.17) is 5.73 Å². The Labute approximate surface area is 263 Å². The Morgan fingerprint density at radius 2 is 1.67 bits per heavy atom. The van der Waals surface area contributed by atoms with Crippen molar-refractivity contribution in [1.82, 2.24) is 9.88 Å². The normalized spacial score (nSPS) is 14.7. The van der Waals surface area contributed by atoms with Crippen LogP contribution in [0.4, 0.5) is 21.5 Å². The van der Waals surface area contributed by atoms with E-state index in [1.807, 2.05) is 29.2 Å². The Balaban J connectivity index is 1.25. The summed E-state index contributed by atoms with van der Waals surface area (Å²) >= 11 is 0. The van der Waals surface area contributed by atoms with Gasteiger partial charge in [0.25, 0.3) is 5.91 Å². The van der Waals surface area contributed by atoms with Gasteiger partial charge in [-0.1, -0.05) is 24.3 Å². The predicted octanol–water partition coefficient (Wildman–Crippen LogP) is 5.55. The maximum Gasteiger partial charge on any atom is 0.257 e. The average Bonchev–Trinajstić information content (AvgIpc) is 3.93. The molecule has 1 aliphatic carbocycles. The van der Waals surface area contributed by atoms with Gasteiger partial charge in [0.1, 0.15) is 5.82 Å². The summed E-state index contributed by atoms with van der Waals surface area (Å²) in [7, 11) is 0. The quantitative estimate of drug-likeness (QED) is 0.232. The van der Waals surface area contributed by atoms with E-state index in [-0.39, 0.29) is 23.5 Å². The number of nitrogens with two attached hydrogens (primary N) is 1. The third-order valence-electron chi connectivity index (χ3n) is 8.48. The number of carbonyl (C=O) groups is 2. The van der Waals surface area contributed by atoms with E-state index in [9.17, 15) is 14.0 Å². The van der Waals surface area contributed by atoms with Gasteiger partial charge in [-0.3, -0.25) is 14.6 Å².